The first kappa shape index (κ1) is 46.5. The van der Waals surface area contributed by atoms with Crippen LogP contribution >= 0.6 is 0 Å². The average Bonchev–Trinajstić information content (AvgIpc) is 3.62. The van der Waals surface area contributed by atoms with Crippen LogP contribution < -0.4 is 20.2 Å². The quantitative estimate of drug-likeness (QED) is 0.147. The lowest BCUT2D eigenvalue weighted by Gasteiger charge is -2.44. The molecule has 2 bridgehead atoms. The molecule has 0 amide bonds. The maximum Gasteiger partial charge on any atom is 0.176 e. The molecule has 3 nitrogen and oxygen atoms in total. The highest BCUT2D eigenvalue weighted by Gasteiger charge is 2.43. The number of hydrogen-bond donors (Lipinski definition) is 0. The fraction of sp³-hybridized carbons (Fsp3) is 0.217. The fourth-order valence-electron chi connectivity index (χ4n) is 12.4. The standard InChI is InChI=1S/C69H66BN3/c1-45-38-63-66-64(39-45)73(60-34-31-50(67(3,4)5)41-54(60)48-24-16-11-17-25-48)61-35-32-53(71(51-26-18-12-19-27-51)52-28-20-13-21-29-52)42-55(61)65(70-66)56-43-57-58(69(8,9)37-36-68(57,6)7)44-62(56)72(63)59-33-30-49(40-46(59)2)47-22-14-10-15-23-47/h10-35,38-44,65,70H,36-37H2,1-9H3. The van der Waals surface area contributed by atoms with Crippen LogP contribution in [0.25, 0.3) is 22.3 Å². The minimum absolute atomic E-state index is 0.0110. The molecule has 0 fully saturated rings. The third-order valence-corrected chi connectivity index (χ3v) is 16.5. The highest BCUT2D eigenvalue weighted by atomic mass is 15.2. The molecule has 4 heteroatoms. The molecule has 0 N–H and O–H groups in total. The lowest BCUT2D eigenvalue weighted by Crippen LogP contribution is -2.34. The minimum atomic E-state index is -0.0425. The molecule has 3 aliphatic rings. The second-order valence-electron chi connectivity index (χ2n) is 23.4. The first-order valence-electron chi connectivity index (χ1n) is 26.5. The van der Waals surface area contributed by atoms with Gasteiger partial charge in [-0.05, 0) is 195 Å². The van der Waals surface area contributed by atoms with E-state index in [1.807, 2.05) is 0 Å². The molecule has 0 saturated carbocycles. The Labute approximate surface area is 435 Å². The Morgan fingerprint density at radius 2 is 0.973 bits per heavy atom. The van der Waals surface area contributed by atoms with Gasteiger partial charge in [0.25, 0.3) is 0 Å². The molecule has 2 heterocycles. The number of fused-ring (bicyclic) bond motifs is 6. The monoisotopic (exact) mass is 948 g/mol. The molecule has 360 valence electrons. The summed E-state index contributed by atoms with van der Waals surface area (Å²) < 4.78 is 0. The van der Waals surface area contributed by atoms with E-state index in [9.17, 15) is 0 Å². The van der Waals surface area contributed by atoms with Gasteiger partial charge in [-0.2, -0.15) is 0 Å². The van der Waals surface area contributed by atoms with E-state index >= 15 is 0 Å². The molecule has 0 radical (unpaired) electrons. The molecule has 9 aromatic carbocycles. The van der Waals surface area contributed by atoms with Crippen LogP contribution in [0.15, 0.2) is 200 Å². The summed E-state index contributed by atoms with van der Waals surface area (Å²) in [5, 5.41) is 0. The summed E-state index contributed by atoms with van der Waals surface area (Å²) in [4.78, 5) is 7.76. The Hall–Kier alpha value is -7.56. The second kappa shape index (κ2) is 17.6. The Balaban J connectivity index is 1.21. The normalized spacial score (nSPS) is 16.0. The van der Waals surface area contributed by atoms with Gasteiger partial charge in [0, 0.05) is 51.1 Å². The van der Waals surface area contributed by atoms with Crippen LogP contribution in [0, 0.1) is 13.8 Å². The van der Waals surface area contributed by atoms with Gasteiger partial charge in [0.05, 0.1) is 5.69 Å². The van der Waals surface area contributed by atoms with Crippen molar-refractivity contribution in [2.24, 2.45) is 0 Å². The van der Waals surface area contributed by atoms with Crippen LogP contribution in [0.5, 0.6) is 0 Å². The first-order valence-corrected chi connectivity index (χ1v) is 26.5. The van der Waals surface area contributed by atoms with Crippen LogP contribution in [0.3, 0.4) is 0 Å². The van der Waals surface area contributed by atoms with Crippen molar-refractivity contribution in [3.05, 3.63) is 239 Å². The van der Waals surface area contributed by atoms with E-state index in [0.717, 1.165) is 37.2 Å². The number of anilines is 9. The summed E-state index contributed by atoms with van der Waals surface area (Å²) in [6.45, 7) is 21.5. The Bertz CT molecular complexity index is 3510. The van der Waals surface area contributed by atoms with Crippen molar-refractivity contribution in [1.82, 2.24) is 0 Å². The van der Waals surface area contributed by atoms with Crippen LogP contribution in [0.2, 0.25) is 0 Å². The van der Waals surface area contributed by atoms with Gasteiger partial charge < -0.3 is 14.7 Å². The maximum atomic E-state index is 2.68. The maximum absolute atomic E-state index is 2.68. The van der Waals surface area contributed by atoms with Gasteiger partial charge in [0.2, 0.25) is 0 Å². The van der Waals surface area contributed by atoms with Crippen molar-refractivity contribution in [3.63, 3.8) is 0 Å². The molecule has 2 aliphatic heterocycles. The highest BCUT2D eigenvalue weighted by Crippen LogP contribution is 2.57. The largest absolute Gasteiger partial charge is 0.310 e. The van der Waals surface area contributed by atoms with E-state index in [2.05, 4.69) is 277 Å². The lowest BCUT2D eigenvalue weighted by atomic mass is 9.53. The van der Waals surface area contributed by atoms with Crippen molar-refractivity contribution < 1.29 is 0 Å². The zero-order chi connectivity index (χ0) is 50.4. The number of benzene rings is 9. The van der Waals surface area contributed by atoms with Crippen molar-refractivity contribution >= 4 is 63.9 Å². The van der Waals surface area contributed by atoms with Crippen LogP contribution in [0.4, 0.5) is 51.2 Å². The molecule has 12 rings (SSSR count). The third kappa shape index (κ3) is 8.07. The lowest BCUT2D eigenvalue weighted by molar-refractivity contribution is 0.331. The number of nitrogens with zero attached hydrogens (tertiary/aromatic N) is 3. The molecule has 0 aromatic heterocycles. The van der Waals surface area contributed by atoms with Gasteiger partial charge in [-0.25, -0.2) is 0 Å². The Kier molecular flexibility index (Phi) is 11.2. The molecular formula is C69H66BN3. The van der Waals surface area contributed by atoms with Gasteiger partial charge in [-0.1, -0.05) is 164 Å². The third-order valence-electron chi connectivity index (χ3n) is 16.5. The molecule has 0 saturated heterocycles. The predicted octanol–water partition coefficient (Wildman–Crippen LogP) is 18.2. The molecule has 1 aliphatic carbocycles. The topological polar surface area (TPSA) is 9.72 Å². The number of hydrogen-bond acceptors (Lipinski definition) is 3. The Morgan fingerprint density at radius 3 is 1.56 bits per heavy atom. The van der Waals surface area contributed by atoms with E-state index in [4.69, 9.17) is 0 Å². The smallest absolute Gasteiger partial charge is 0.176 e. The number of para-hydroxylation sites is 2. The van der Waals surface area contributed by atoms with E-state index < -0.39 is 0 Å². The summed E-state index contributed by atoms with van der Waals surface area (Å²) in [5.41, 5.74) is 26.5. The van der Waals surface area contributed by atoms with E-state index in [0.29, 0.717) is 0 Å². The van der Waals surface area contributed by atoms with Crippen molar-refractivity contribution in [3.8, 4) is 22.3 Å². The van der Waals surface area contributed by atoms with Crippen molar-refractivity contribution in [2.45, 2.75) is 97.2 Å². The molecular weight excluding hydrogens is 882 g/mol. The van der Waals surface area contributed by atoms with Gasteiger partial charge in [0.15, 0.2) is 7.28 Å². The number of aryl methyl sites for hydroxylation is 2. The van der Waals surface area contributed by atoms with Gasteiger partial charge in [0.1, 0.15) is 0 Å². The predicted molar refractivity (Wildman–Crippen MR) is 313 cm³/mol. The molecule has 1 atom stereocenters. The molecule has 0 spiro atoms. The highest BCUT2D eigenvalue weighted by molar-refractivity contribution is 6.61. The van der Waals surface area contributed by atoms with Gasteiger partial charge >= 0.3 is 0 Å². The van der Waals surface area contributed by atoms with Crippen molar-refractivity contribution in [1.29, 1.82) is 0 Å². The van der Waals surface area contributed by atoms with Crippen LogP contribution in [-0.4, -0.2) is 7.28 Å². The second-order valence-corrected chi connectivity index (χ2v) is 23.4. The zero-order valence-electron chi connectivity index (χ0n) is 44.1. The zero-order valence-corrected chi connectivity index (χ0v) is 44.1. The SMILES string of the molecule is Cc1cc2c3c(c1)N(c1ccc(C(C)(C)C)cc1-c1ccccc1)c1ccc(N(c4ccccc4)c4ccccc4)cc1C(B3)c1cc3c(cc1N2c1ccc(-c2ccccc2)cc1C)C(C)(C)CCC3(C)C. The molecule has 1 unspecified atom stereocenters. The summed E-state index contributed by atoms with van der Waals surface area (Å²) in [6.07, 6.45) is 2.29. The average molecular weight is 948 g/mol. The molecule has 9 aromatic rings. The summed E-state index contributed by atoms with van der Waals surface area (Å²) in [7, 11) is 0.836. The van der Waals surface area contributed by atoms with E-state index in [-0.39, 0.29) is 22.1 Å². The van der Waals surface area contributed by atoms with E-state index in [1.165, 1.54) is 101 Å². The van der Waals surface area contributed by atoms with E-state index in [1.54, 1.807) is 0 Å². The summed E-state index contributed by atoms with van der Waals surface area (Å²) in [6, 6.07) is 75.7. The van der Waals surface area contributed by atoms with Gasteiger partial charge in [-0.3, -0.25) is 0 Å². The van der Waals surface area contributed by atoms with Crippen molar-refractivity contribution in [2.75, 3.05) is 14.7 Å². The Morgan fingerprint density at radius 1 is 0.452 bits per heavy atom. The molecule has 73 heavy (non-hydrogen) atoms. The van der Waals surface area contributed by atoms with Crippen LogP contribution in [0.1, 0.15) is 106 Å². The number of rotatable bonds is 7. The summed E-state index contributed by atoms with van der Waals surface area (Å²) >= 11 is 0. The minimum Gasteiger partial charge on any atom is -0.310 e. The van der Waals surface area contributed by atoms with Crippen LogP contribution in [-0.2, 0) is 16.2 Å². The van der Waals surface area contributed by atoms with Gasteiger partial charge in [-0.15, -0.1) is 0 Å². The fourth-order valence-corrected chi connectivity index (χ4v) is 12.4. The first-order chi connectivity index (χ1) is 35.1. The summed E-state index contributed by atoms with van der Waals surface area (Å²) in [5.74, 6) is 0.0117.